The zero-order valence-corrected chi connectivity index (χ0v) is 13.1. The molecule has 0 aliphatic carbocycles. The van der Waals surface area contributed by atoms with E-state index in [1.807, 2.05) is 0 Å². The molecule has 0 spiro atoms. The normalized spacial score (nSPS) is 19.2. The minimum Gasteiger partial charge on any atom is -0.497 e. The summed E-state index contributed by atoms with van der Waals surface area (Å²) in [6, 6.07) is 11.3. The fourth-order valence-electron chi connectivity index (χ4n) is 2.62. The number of fused-ring (bicyclic) bond motifs is 1. The highest BCUT2D eigenvalue weighted by Gasteiger charge is 2.47. The molecule has 0 radical (unpaired) electrons. The number of halogens is 1. The van der Waals surface area contributed by atoms with Crippen LogP contribution in [0.15, 0.2) is 42.5 Å². The molecule has 2 aromatic rings. The van der Waals surface area contributed by atoms with Gasteiger partial charge in [0.25, 0.3) is 5.91 Å². The Bertz CT molecular complexity index is 788. The number of anilines is 1. The molecule has 2 N–H and O–H groups in total. The molecule has 2 aromatic carbocycles. The van der Waals surface area contributed by atoms with Crippen LogP contribution in [0.3, 0.4) is 0 Å². The molecule has 23 heavy (non-hydrogen) atoms. The molecule has 0 fully saturated rings. The van der Waals surface area contributed by atoms with E-state index in [-0.39, 0.29) is 12.2 Å². The fourth-order valence-corrected chi connectivity index (χ4v) is 2.84. The van der Waals surface area contributed by atoms with Crippen LogP contribution in [0, 0.1) is 0 Å². The van der Waals surface area contributed by atoms with E-state index in [1.54, 1.807) is 42.5 Å². The number of hydrogen-bond acceptors (Lipinski definition) is 4. The van der Waals surface area contributed by atoms with Crippen LogP contribution in [-0.4, -0.2) is 23.9 Å². The molecule has 0 saturated heterocycles. The molecular weight excluding hydrogens is 318 g/mol. The summed E-state index contributed by atoms with van der Waals surface area (Å²) >= 11 is 6.02. The lowest BCUT2D eigenvalue weighted by molar-refractivity contribution is -0.133. The van der Waals surface area contributed by atoms with Gasteiger partial charge in [0, 0.05) is 11.1 Å². The van der Waals surface area contributed by atoms with Crippen molar-refractivity contribution in [3.8, 4) is 5.75 Å². The molecular formula is C17H14ClNO4. The van der Waals surface area contributed by atoms with Gasteiger partial charge in [-0.25, -0.2) is 0 Å². The summed E-state index contributed by atoms with van der Waals surface area (Å²) in [6.45, 7) is 0. The van der Waals surface area contributed by atoms with Crippen LogP contribution in [0.1, 0.15) is 22.3 Å². The third kappa shape index (κ3) is 2.58. The summed E-state index contributed by atoms with van der Waals surface area (Å²) in [4.78, 5) is 24.6. The van der Waals surface area contributed by atoms with E-state index in [2.05, 4.69) is 5.32 Å². The third-order valence-electron chi connectivity index (χ3n) is 3.90. The molecule has 1 amide bonds. The average molecular weight is 332 g/mol. The molecule has 0 bridgehead atoms. The average Bonchev–Trinajstić information content (AvgIpc) is 2.80. The highest BCUT2D eigenvalue weighted by molar-refractivity contribution is 6.34. The van der Waals surface area contributed by atoms with E-state index >= 15 is 0 Å². The first-order valence-corrected chi connectivity index (χ1v) is 7.33. The summed E-state index contributed by atoms with van der Waals surface area (Å²) in [5, 5.41) is 13.6. The number of para-hydroxylation sites is 1. The van der Waals surface area contributed by atoms with Crippen molar-refractivity contribution in [1.29, 1.82) is 0 Å². The second kappa shape index (κ2) is 5.68. The van der Waals surface area contributed by atoms with Gasteiger partial charge < -0.3 is 15.2 Å². The summed E-state index contributed by atoms with van der Waals surface area (Å²) in [7, 11) is 1.53. The van der Waals surface area contributed by atoms with Gasteiger partial charge in [-0.15, -0.1) is 0 Å². The van der Waals surface area contributed by atoms with E-state index in [4.69, 9.17) is 16.3 Å². The Kier molecular flexibility index (Phi) is 3.83. The van der Waals surface area contributed by atoms with E-state index in [9.17, 15) is 14.7 Å². The van der Waals surface area contributed by atoms with Crippen molar-refractivity contribution in [3.63, 3.8) is 0 Å². The maximum absolute atomic E-state index is 12.4. The SMILES string of the molecule is COc1ccc(C(=O)CC2(O)C(=O)Nc3c(Cl)cccc32)cc1. The third-order valence-corrected chi connectivity index (χ3v) is 4.22. The van der Waals surface area contributed by atoms with Gasteiger partial charge in [-0.2, -0.15) is 0 Å². The number of Topliss-reactive ketones (excluding diaryl/α,β-unsaturated/α-hetero) is 1. The lowest BCUT2D eigenvalue weighted by Crippen LogP contribution is -2.36. The molecule has 1 atom stereocenters. The van der Waals surface area contributed by atoms with Gasteiger partial charge in [0.2, 0.25) is 0 Å². The zero-order valence-electron chi connectivity index (χ0n) is 12.3. The van der Waals surface area contributed by atoms with Crippen molar-refractivity contribution in [2.24, 2.45) is 0 Å². The van der Waals surface area contributed by atoms with Crippen LogP contribution in [0.5, 0.6) is 5.75 Å². The molecule has 1 aliphatic rings. The number of rotatable bonds is 4. The molecule has 118 valence electrons. The highest BCUT2D eigenvalue weighted by atomic mass is 35.5. The first kappa shape index (κ1) is 15.5. The number of nitrogens with one attached hydrogen (secondary N) is 1. The number of amides is 1. The largest absolute Gasteiger partial charge is 0.497 e. The Morgan fingerprint density at radius 1 is 1.26 bits per heavy atom. The number of carbonyl (C=O) groups excluding carboxylic acids is 2. The number of aliphatic hydroxyl groups is 1. The lowest BCUT2D eigenvalue weighted by atomic mass is 9.88. The van der Waals surface area contributed by atoms with Crippen LogP contribution in [0.25, 0.3) is 0 Å². The number of methoxy groups -OCH3 is 1. The quantitative estimate of drug-likeness (QED) is 0.845. The number of benzene rings is 2. The molecule has 1 unspecified atom stereocenters. The van der Waals surface area contributed by atoms with Crippen LogP contribution in [0.2, 0.25) is 5.02 Å². The zero-order chi connectivity index (χ0) is 16.6. The highest BCUT2D eigenvalue weighted by Crippen LogP contribution is 2.42. The number of hydrogen-bond donors (Lipinski definition) is 2. The van der Waals surface area contributed by atoms with Crippen molar-refractivity contribution >= 4 is 29.0 Å². The van der Waals surface area contributed by atoms with Crippen molar-refractivity contribution in [2.45, 2.75) is 12.0 Å². The van der Waals surface area contributed by atoms with E-state index < -0.39 is 11.5 Å². The molecule has 1 heterocycles. The van der Waals surface area contributed by atoms with Crippen molar-refractivity contribution in [2.75, 3.05) is 12.4 Å². The van der Waals surface area contributed by atoms with Crippen LogP contribution < -0.4 is 10.1 Å². The number of ether oxygens (including phenoxy) is 1. The Morgan fingerprint density at radius 3 is 2.61 bits per heavy atom. The summed E-state index contributed by atoms with van der Waals surface area (Å²) in [5.41, 5.74) is -0.861. The van der Waals surface area contributed by atoms with Crippen molar-refractivity contribution in [1.82, 2.24) is 0 Å². The molecule has 0 saturated carbocycles. The number of carbonyl (C=O) groups is 2. The summed E-state index contributed by atoms with van der Waals surface area (Å²) < 4.78 is 5.04. The Labute approximate surface area is 137 Å². The van der Waals surface area contributed by atoms with Crippen LogP contribution in [-0.2, 0) is 10.4 Å². The minimum absolute atomic E-state index is 0.317. The first-order chi connectivity index (χ1) is 11.0. The summed E-state index contributed by atoms with van der Waals surface area (Å²) in [5.74, 6) is -0.378. The van der Waals surface area contributed by atoms with Crippen molar-refractivity contribution in [3.05, 3.63) is 58.6 Å². The van der Waals surface area contributed by atoms with Gasteiger partial charge in [-0.3, -0.25) is 9.59 Å². The monoisotopic (exact) mass is 331 g/mol. The van der Waals surface area contributed by atoms with Gasteiger partial charge in [-0.1, -0.05) is 23.7 Å². The summed E-state index contributed by atoms with van der Waals surface area (Å²) in [6.07, 6.45) is -0.363. The Hall–Kier alpha value is -2.37. The maximum Gasteiger partial charge on any atom is 0.261 e. The van der Waals surface area contributed by atoms with Gasteiger partial charge in [0.1, 0.15) is 5.75 Å². The second-order valence-corrected chi connectivity index (χ2v) is 5.71. The predicted octanol–water partition coefficient (Wildman–Crippen LogP) is 2.76. The van der Waals surface area contributed by atoms with Gasteiger partial charge >= 0.3 is 0 Å². The smallest absolute Gasteiger partial charge is 0.261 e. The lowest BCUT2D eigenvalue weighted by Gasteiger charge is -2.20. The minimum atomic E-state index is -1.92. The molecule has 1 aliphatic heterocycles. The van der Waals surface area contributed by atoms with Gasteiger partial charge in [-0.05, 0) is 30.3 Å². The second-order valence-electron chi connectivity index (χ2n) is 5.31. The van der Waals surface area contributed by atoms with Crippen LogP contribution in [0.4, 0.5) is 5.69 Å². The molecule has 6 heteroatoms. The van der Waals surface area contributed by atoms with Gasteiger partial charge in [0.05, 0.1) is 24.2 Å². The number of ketones is 1. The standard InChI is InChI=1S/C17H14ClNO4/c1-23-11-7-5-10(6-8-11)14(20)9-17(22)12-3-2-4-13(18)15(12)19-16(17)21/h2-8,22H,9H2,1H3,(H,19,21). The van der Waals surface area contributed by atoms with E-state index in [0.29, 0.717) is 27.6 Å². The molecule has 0 aromatic heterocycles. The predicted molar refractivity (Wildman–Crippen MR) is 85.9 cm³/mol. The Morgan fingerprint density at radius 2 is 1.96 bits per heavy atom. The molecule has 5 nitrogen and oxygen atoms in total. The fraction of sp³-hybridized carbons (Fsp3) is 0.176. The van der Waals surface area contributed by atoms with E-state index in [0.717, 1.165) is 0 Å². The van der Waals surface area contributed by atoms with E-state index in [1.165, 1.54) is 7.11 Å². The maximum atomic E-state index is 12.4. The first-order valence-electron chi connectivity index (χ1n) is 6.96. The van der Waals surface area contributed by atoms with Crippen molar-refractivity contribution < 1.29 is 19.4 Å². The van der Waals surface area contributed by atoms with Gasteiger partial charge in [0.15, 0.2) is 11.4 Å². The Balaban J connectivity index is 1.91. The van der Waals surface area contributed by atoms with Crippen LogP contribution >= 0.6 is 11.6 Å². The topological polar surface area (TPSA) is 75.6 Å². The molecule has 3 rings (SSSR count).